The van der Waals surface area contributed by atoms with Gasteiger partial charge in [-0.05, 0) is 31.0 Å². The second-order valence-electron chi connectivity index (χ2n) is 3.57. The summed E-state index contributed by atoms with van der Waals surface area (Å²) in [5, 5.41) is 9.02. The van der Waals surface area contributed by atoms with Crippen molar-refractivity contribution in [3.05, 3.63) is 48.1 Å². The Kier molecular flexibility index (Phi) is 3.21. The van der Waals surface area contributed by atoms with E-state index in [9.17, 15) is 8.78 Å². The summed E-state index contributed by atoms with van der Waals surface area (Å²) in [4.78, 5) is 0. The van der Waals surface area contributed by atoms with Crippen LogP contribution in [0.4, 0.5) is 8.78 Å². The van der Waals surface area contributed by atoms with Gasteiger partial charge in [-0.2, -0.15) is 5.26 Å². The summed E-state index contributed by atoms with van der Waals surface area (Å²) in [6, 6.07) is 5.59. The number of hydrogen-bond acceptors (Lipinski definition) is 1. The van der Waals surface area contributed by atoms with Crippen LogP contribution in [0, 0.1) is 23.0 Å². The highest BCUT2D eigenvalue weighted by molar-refractivity contribution is 5.32. The van der Waals surface area contributed by atoms with Crippen LogP contribution in [-0.2, 0) is 5.41 Å². The van der Waals surface area contributed by atoms with Gasteiger partial charge in [0.05, 0.1) is 11.5 Å². The molecule has 0 saturated heterocycles. The van der Waals surface area contributed by atoms with Crippen LogP contribution in [0.2, 0.25) is 0 Å². The van der Waals surface area contributed by atoms with Crippen LogP contribution in [0.3, 0.4) is 0 Å². The van der Waals surface area contributed by atoms with Gasteiger partial charge in [0.25, 0.3) is 0 Å². The van der Waals surface area contributed by atoms with Gasteiger partial charge in [0.2, 0.25) is 0 Å². The molecular formula is C12H11F2N. The average Bonchev–Trinajstić information content (AvgIpc) is 2.22. The minimum atomic E-state index is -0.932. The minimum absolute atomic E-state index is 0.397. The van der Waals surface area contributed by atoms with Crippen molar-refractivity contribution >= 4 is 0 Å². The lowest BCUT2D eigenvalue weighted by Crippen LogP contribution is -2.18. The van der Waals surface area contributed by atoms with Crippen molar-refractivity contribution in [3.63, 3.8) is 0 Å². The molecule has 0 aliphatic rings. The molecule has 1 atom stereocenters. The second-order valence-corrected chi connectivity index (χ2v) is 3.57. The van der Waals surface area contributed by atoms with E-state index in [0.717, 1.165) is 12.1 Å². The van der Waals surface area contributed by atoms with Gasteiger partial charge in [0.15, 0.2) is 11.6 Å². The third-order valence-electron chi connectivity index (χ3n) is 2.36. The van der Waals surface area contributed by atoms with E-state index in [0.29, 0.717) is 12.0 Å². The molecule has 1 rings (SSSR count). The molecular weight excluding hydrogens is 196 g/mol. The van der Waals surface area contributed by atoms with E-state index in [1.165, 1.54) is 6.07 Å². The Labute approximate surface area is 87.7 Å². The monoisotopic (exact) mass is 207 g/mol. The Hall–Kier alpha value is -1.69. The molecule has 1 aromatic carbocycles. The maximum Gasteiger partial charge on any atom is 0.159 e. The van der Waals surface area contributed by atoms with E-state index < -0.39 is 17.0 Å². The van der Waals surface area contributed by atoms with Crippen LogP contribution in [0.25, 0.3) is 0 Å². The van der Waals surface area contributed by atoms with Gasteiger partial charge in [-0.1, -0.05) is 12.1 Å². The van der Waals surface area contributed by atoms with Crippen molar-refractivity contribution in [1.82, 2.24) is 0 Å². The van der Waals surface area contributed by atoms with Crippen molar-refractivity contribution in [2.45, 2.75) is 18.8 Å². The molecule has 0 saturated carbocycles. The zero-order chi connectivity index (χ0) is 11.5. The van der Waals surface area contributed by atoms with Crippen molar-refractivity contribution in [1.29, 1.82) is 5.26 Å². The molecule has 78 valence electrons. The van der Waals surface area contributed by atoms with Crippen LogP contribution in [0.15, 0.2) is 30.9 Å². The number of rotatable bonds is 3. The molecule has 0 radical (unpaired) electrons. The third-order valence-corrected chi connectivity index (χ3v) is 2.36. The molecule has 1 aromatic rings. The first-order valence-corrected chi connectivity index (χ1v) is 4.51. The number of hydrogen-bond donors (Lipinski definition) is 0. The molecule has 0 aromatic heterocycles. The summed E-state index contributed by atoms with van der Waals surface area (Å²) in [5.74, 6) is -1.84. The standard InChI is InChI=1S/C12H11F2N/c1-3-6-12(2,8-15)9-4-5-10(13)11(14)7-9/h3-5,7H,1,6H2,2H3. The topological polar surface area (TPSA) is 23.8 Å². The molecule has 0 N–H and O–H groups in total. The normalized spacial score (nSPS) is 14.0. The Balaban J connectivity index is 3.20. The highest BCUT2D eigenvalue weighted by Crippen LogP contribution is 2.28. The van der Waals surface area contributed by atoms with E-state index >= 15 is 0 Å². The van der Waals surface area contributed by atoms with Gasteiger partial charge < -0.3 is 0 Å². The predicted octanol–water partition coefficient (Wildman–Crippen LogP) is 3.32. The highest BCUT2D eigenvalue weighted by Gasteiger charge is 2.25. The maximum absolute atomic E-state index is 13.0. The first kappa shape index (κ1) is 11.4. The van der Waals surface area contributed by atoms with E-state index in [1.807, 2.05) is 0 Å². The molecule has 3 heteroatoms. The van der Waals surface area contributed by atoms with Crippen LogP contribution in [0.5, 0.6) is 0 Å². The van der Waals surface area contributed by atoms with Gasteiger partial charge in [0, 0.05) is 0 Å². The zero-order valence-electron chi connectivity index (χ0n) is 8.43. The number of nitriles is 1. The lowest BCUT2D eigenvalue weighted by Gasteiger charge is -2.20. The zero-order valence-corrected chi connectivity index (χ0v) is 8.43. The largest absolute Gasteiger partial charge is 0.204 e. The number of allylic oxidation sites excluding steroid dienone is 1. The van der Waals surface area contributed by atoms with Crippen LogP contribution < -0.4 is 0 Å². The van der Waals surface area contributed by atoms with E-state index in [2.05, 4.69) is 12.6 Å². The average molecular weight is 207 g/mol. The van der Waals surface area contributed by atoms with Gasteiger partial charge in [-0.15, -0.1) is 6.58 Å². The summed E-state index contributed by atoms with van der Waals surface area (Å²) >= 11 is 0. The smallest absolute Gasteiger partial charge is 0.159 e. The van der Waals surface area contributed by atoms with Crippen molar-refractivity contribution in [2.24, 2.45) is 0 Å². The van der Waals surface area contributed by atoms with Crippen LogP contribution in [0.1, 0.15) is 18.9 Å². The molecule has 0 bridgehead atoms. The highest BCUT2D eigenvalue weighted by atomic mass is 19.2. The Morgan fingerprint density at radius 1 is 1.47 bits per heavy atom. The quantitative estimate of drug-likeness (QED) is 0.697. The molecule has 0 aliphatic heterocycles. The fraction of sp³-hybridized carbons (Fsp3) is 0.250. The molecule has 0 spiro atoms. The van der Waals surface area contributed by atoms with Crippen LogP contribution >= 0.6 is 0 Å². The first-order chi connectivity index (χ1) is 7.03. The predicted molar refractivity (Wildman–Crippen MR) is 54.1 cm³/mol. The molecule has 0 heterocycles. The SMILES string of the molecule is C=CCC(C)(C#N)c1ccc(F)c(F)c1. The molecule has 15 heavy (non-hydrogen) atoms. The lowest BCUT2D eigenvalue weighted by atomic mass is 9.81. The van der Waals surface area contributed by atoms with Gasteiger partial charge in [-0.25, -0.2) is 8.78 Å². The maximum atomic E-state index is 13.0. The van der Waals surface area contributed by atoms with E-state index in [-0.39, 0.29) is 0 Å². The van der Waals surface area contributed by atoms with E-state index in [4.69, 9.17) is 5.26 Å². The Morgan fingerprint density at radius 2 is 2.13 bits per heavy atom. The molecule has 1 unspecified atom stereocenters. The summed E-state index contributed by atoms with van der Waals surface area (Å²) in [6.07, 6.45) is 1.99. The fourth-order valence-electron chi connectivity index (χ4n) is 1.36. The van der Waals surface area contributed by atoms with Gasteiger partial charge in [0.1, 0.15) is 0 Å². The number of halogens is 2. The summed E-state index contributed by atoms with van der Waals surface area (Å²) in [7, 11) is 0. The Morgan fingerprint density at radius 3 is 2.60 bits per heavy atom. The van der Waals surface area contributed by atoms with Crippen LogP contribution in [-0.4, -0.2) is 0 Å². The molecule has 1 nitrogen and oxygen atoms in total. The summed E-state index contributed by atoms with van der Waals surface area (Å²) in [6.45, 7) is 5.21. The Bertz CT molecular complexity index is 420. The van der Waals surface area contributed by atoms with Gasteiger partial charge in [-0.3, -0.25) is 0 Å². The van der Waals surface area contributed by atoms with Gasteiger partial charge >= 0.3 is 0 Å². The third kappa shape index (κ3) is 2.21. The number of nitrogens with zero attached hydrogens (tertiary/aromatic N) is 1. The number of benzene rings is 1. The van der Waals surface area contributed by atoms with Crippen molar-refractivity contribution in [2.75, 3.05) is 0 Å². The summed E-state index contributed by atoms with van der Waals surface area (Å²) < 4.78 is 25.7. The molecule has 0 amide bonds. The van der Waals surface area contributed by atoms with Crippen molar-refractivity contribution in [3.8, 4) is 6.07 Å². The molecule has 0 aliphatic carbocycles. The van der Waals surface area contributed by atoms with Crippen molar-refractivity contribution < 1.29 is 8.78 Å². The lowest BCUT2D eigenvalue weighted by molar-refractivity contribution is 0.501. The minimum Gasteiger partial charge on any atom is -0.204 e. The molecule has 0 fully saturated rings. The fourth-order valence-corrected chi connectivity index (χ4v) is 1.36. The first-order valence-electron chi connectivity index (χ1n) is 4.51. The second kappa shape index (κ2) is 4.22. The summed E-state index contributed by atoms with van der Waals surface area (Å²) in [5.41, 5.74) is -0.389. The van der Waals surface area contributed by atoms with E-state index in [1.54, 1.807) is 13.0 Å².